The van der Waals surface area contributed by atoms with E-state index in [-0.39, 0.29) is 17.4 Å². The minimum atomic E-state index is -0.951. The maximum absolute atomic E-state index is 11.0. The Labute approximate surface area is 182 Å². The van der Waals surface area contributed by atoms with Crippen LogP contribution in [0.25, 0.3) is 0 Å². The Kier molecular flexibility index (Phi) is 11.0. The average Bonchev–Trinajstić information content (AvgIpc) is 2.76. The minimum absolute atomic E-state index is 0.135. The second kappa shape index (κ2) is 13.4. The quantitative estimate of drug-likeness (QED) is 0.333. The molecule has 0 aliphatic carbocycles. The van der Waals surface area contributed by atoms with Crippen LogP contribution in [0.15, 0.2) is 48.5 Å². The molecule has 1 atom stereocenters. The van der Waals surface area contributed by atoms with Crippen LogP contribution in [0.1, 0.15) is 42.3 Å². The van der Waals surface area contributed by atoms with Crippen LogP contribution in [-0.4, -0.2) is 29.6 Å². The molecule has 0 saturated carbocycles. The third-order valence-electron chi connectivity index (χ3n) is 3.86. The molecule has 1 unspecified atom stereocenters. The number of amides is 1. The van der Waals surface area contributed by atoms with Crippen LogP contribution < -0.4 is 16.9 Å². The van der Waals surface area contributed by atoms with Crippen LogP contribution in [0.2, 0.25) is 0 Å². The third-order valence-corrected chi connectivity index (χ3v) is 3.86. The second-order valence-corrected chi connectivity index (χ2v) is 6.67. The summed E-state index contributed by atoms with van der Waals surface area (Å²) in [7, 11) is 0. The Morgan fingerprint density at radius 3 is 1.90 bits per heavy atom. The number of anilines is 1. The van der Waals surface area contributed by atoms with Gasteiger partial charge in [0.25, 0.3) is 5.91 Å². The molecule has 7 heteroatoms. The highest BCUT2D eigenvalue weighted by molar-refractivity contribution is 5.87. The maximum Gasteiger partial charge on any atom is 0.335 e. The van der Waals surface area contributed by atoms with Gasteiger partial charge in [0, 0.05) is 16.8 Å². The molecule has 0 fully saturated rings. The Morgan fingerprint density at radius 2 is 1.48 bits per heavy atom. The van der Waals surface area contributed by atoms with Crippen molar-refractivity contribution >= 4 is 17.6 Å². The van der Waals surface area contributed by atoms with Crippen LogP contribution in [0, 0.1) is 29.6 Å². The molecule has 0 aliphatic rings. The van der Waals surface area contributed by atoms with E-state index in [1.54, 1.807) is 31.2 Å². The van der Waals surface area contributed by atoms with Gasteiger partial charge in [0.15, 0.2) is 0 Å². The summed E-state index contributed by atoms with van der Waals surface area (Å²) in [6.45, 7) is 6.02. The molecule has 6 N–H and O–H groups in total. The second-order valence-electron chi connectivity index (χ2n) is 6.67. The standard InChI is InChI=1S/C17H11NO2.C7H16N2O2/c18-16-11-7-14(8-12-16)4-2-1-3-13-5-9-15(10-6-13)17(19)20;1-4-11-9-7(10)6(8)5(2)3/h5-12H,18H2,(H,19,20);5-6H,4,8H2,1-3H3,(H,9,10). The number of hydroxylamine groups is 1. The number of rotatable bonds is 5. The van der Waals surface area contributed by atoms with Gasteiger partial charge in [0.05, 0.1) is 18.2 Å². The largest absolute Gasteiger partial charge is 0.478 e. The minimum Gasteiger partial charge on any atom is -0.478 e. The molecular weight excluding hydrogens is 394 g/mol. The first kappa shape index (κ1) is 25.3. The predicted molar refractivity (Wildman–Crippen MR) is 121 cm³/mol. The lowest BCUT2D eigenvalue weighted by atomic mass is 10.1. The molecule has 0 radical (unpaired) electrons. The summed E-state index contributed by atoms with van der Waals surface area (Å²) >= 11 is 0. The summed E-state index contributed by atoms with van der Waals surface area (Å²) in [4.78, 5) is 26.4. The number of hydrogen-bond acceptors (Lipinski definition) is 5. The van der Waals surface area contributed by atoms with Gasteiger partial charge in [-0.05, 0) is 73.2 Å². The van der Waals surface area contributed by atoms with E-state index in [9.17, 15) is 9.59 Å². The van der Waals surface area contributed by atoms with Crippen LogP contribution in [0.4, 0.5) is 5.69 Å². The van der Waals surface area contributed by atoms with Crippen molar-refractivity contribution in [3.05, 3.63) is 65.2 Å². The molecule has 1 amide bonds. The van der Waals surface area contributed by atoms with Gasteiger partial charge in [0.1, 0.15) is 0 Å². The molecule has 7 nitrogen and oxygen atoms in total. The molecule has 31 heavy (non-hydrogen) atoms. The summed E-state index contributed by atoms with van der Waals surface area (Å²) < 4.78 is 0. The van der Waals surface area contributed by atoms with Crippen LogP contribution in [0.3, 0.4) is 0 Å². The fraction of sp³-hybridized carbons (Fsp3) is 0.250. The van der Waals surface area contributed by atoms with Gasteiger partial charge in [-0.3, -0.25) is 9.63 Å². The Hall–Kier alpha value is -3.78. The first-order valence-electron chi connectivity index (χ1n) is 9.62. The van der Waals surface area contributed by atoms with E-state index in [1.807, 2.05) is 26.0 Å². The smallest absolute Gasteiger partial charge is 0.335 e. The fourth-order valence-electron chi connectivity index (χ4n) is 1.98. The highest BCUT2D eigenvalue weighted by atomic mass is 16.6. The van der Waals surface area contributed by atoms with Gasteiger partial charge in [-0.15, -0.1) is 0 Å². The van der Waals surface area contributed by atoms with Gasteiger partial charge in [0.2, 0.25) is 0 Å². The van der Waals surface area contributed by atoms with Crippen LogP contribution in [0.5, 0.6) is 0 Å². The summed E-state index contributed by atoms with van der Waals surface area (Å²) in [6, 6.07) is 13.1. The number of hydrogen-bond donors (Lipinski definition) is 4. The Morgan fingerprint density at radius 1 is 1.00 bits per heavy atom. The molecule has 162 valence electrons. The van der Waals surface area contributed by atoms with Crippen LogP contribution >= 0.6 is 0 Å². The number of nitrogens with one attached hydrogen (secondary N) is 1. The molecule has 2 rings (SSSR count). The molecule has 2 aromatic carbocycles. The molecular formula is C24H27N3O4. The number of nitrogens with two attached hydrogens (primary N) is 2. The summed E-state index contributed by atoms with van der Waals surface area (Å²) in [5, 5.41) is 8.77. The zero-order valence-corrected chi connectivity index (χ0v) is 17.8. The van der Waals surface area contributed by atoms with Crippen LogP contribution in [-0.2, 0) is 9.63 Å². The summed E-state index contributed by atoms with van der Waals surface area (Å²) in [5.41, 5.74) is 15.8. The van der Waals surface area contributed by atoms with Crippen molar-refractivity contribution in [2.45, 2.75) is 26.8 Å². The first-order chi connectivity index (χ1) is 14.7. The van der Waals surface area contributed by atoms with E-state index in [0.29, 0.717) is 12.3 Å². The first-order valence-corrected chi connectivity index (χ1v) is 9.62. The number of nitrogen functional groups attached to an aromatic ring is 1. The number of benzene rings is 2. The predicted octanol–water partition coefficient (Wildman–Crippen LogP) is 2.41. The maximum atomic E-state index is 11.0. The van der Waals surface area contributed by atoms with E-state index in [2.05, 4.69) is 34.0 Å². The fourth-order valence-corrected chi connectivity index (χ4v) is 1.98. The van der Waals surface area contributed by atoms with E-state index < -0.39 is 12.0 Å². The summed E-state index contributed by atoms with van der Waals surface area (Å²) in [6.07, 6.45) is 0. The zero-order valence-electron chi connectivity index (χ0n) is 17.8. The van der Waals surface area contributed by atoms with E-state index in [0.717, 1.165) is 11.1 Å². The Bertz CT molecular complexity index is 976. The van der Waals surface area contributed by atoms with Crippen molar-refractivity contribution in [1.82, 2.24) is 5.48 Å². The van der Waals surface area contributed by atoms with E-state index >= 15 is 0 Å². The number of carbonyl (C=O) groups is 2. The average molecular weight is 421 g/mol. The molecule has 0 saturated heterocycles. The zero-order chi connectivity index (χ0) is 23.2. The van der Waals surface area contributed by atoms with Gasteiger partial charge >= 0.3 is 5.97 Å². The normalized spacial score (nSPS) is 10.4. The van der Waals surface area contributed by atoms with Crippen molar-refractivity contribution in [3.8, 4) is 23.7 Å². The number of carboxylic acids is 1. The third kappa shape index (κ3) is 10.00. The highest BCUT2D eigenvalue weighted by Gasteiger charge is 2.16. The molecule has 0 heterocycles. The Balaban J connectivity index is 0.000000373. The highest BCUT2D eigenvalue weighted by Crippen LogP contribution is 2.04. The lowest BCUT2D eigenvalue weighted by molar-refractivity contribution is -0.135. The molecule has 2 aromatic rings. The lowest BCUT2D eigenvalue weighted by Crippen LogP contribution is -2.43. The SMILES string of the molecule is CCONC(=O)C(N)C(C)C.Nc1ccc(C#CC#Cc2ccc(C(=O)O)cc2)cc1. The topological polar surface area (TPSA) is 128 Å². The van der Waals surface area contributed by atoms with Crippen molar-refractivity contribution < 1.29 is 19.5 Å². The van der Waals surface area contributed by atoms with Crippen molar-refractivity contribution in [2.75, 3.05) is 12.3 Å². The van der Waals surface area contributed by atoms with Gasteiger partial charge in [-0.2, -0.15) is 0 Å². The lowest BCUT2D eigenvalue weighted by Gasteiger charge is -2.14. The molecule has 0 aliphatic heterocycles. The monoisotopic (exact) mass is 421 g/mol. The van der Waals surface area contributed by atoms with Gasteiger partial charge < -0.3 is 16.6 Å². The molecule has 0 aromatic heterocycles. The number of carbonyl (C=O) groups excluding carboxylic acids is 1. The van der Waals surface area contributed by atoms with Crippen molar-refractivity contribution in [1.29, 1.82) is 0 Å². The van der Waals surface area contributed by atoms with Crippen molar-refractivity contribution in [3.63, 3.8) is 0 Å². The molecule has 0 bridgehead atoms. The van der Waals surface area contributed by atoms with Crippen molar-refractivity contribution in [2.24, 2.45) is 11.7 Å². The van der Waals surface area contributed by atoms with Gasteiger partial charge in [-0.1, -0.05) is 25.7 Å². The number of aromatic carboxylic acids is 1. The van der Waals surface area contributed by atoms with E-state index in [1.165, 1.54) is 12.1 Å². The molecule has 0 spiro atoms. The van der Waals surface area contributed by atoms with Gasteiger partial charge in [-0.25, -0.2) is 10.3 Å². The van der Waals surface area contributed by atoms with E-state index in [4.69, 9.17) is 16.6 Å². The number of carboxylic acid groups (broad SMARTS) is 1. The summed E-state index contributed by atoms with van der Waals surface area (Å²) in [5.74, 6) is 10.1.